The minimum Gasteiger partial charge on any atom is -0.417 e. The fourth-order valence-corrected chi connectivity index (χ4v) is 13.3. The van der Waals surface area contributed by atoms with Gasteiger partial charge in [0.25, 0.3) is 0 Å². The molecule has 4 aliphatic rings. The molecule has 0 heterocycles. The van der Waals surface area contributed by atoms with Crippen LogP contribution in [0.3, 0.4) is 0 Å². The Morgan fingerprint density at radius 3 is 2.02 bits per heavy atom. The molecule has 0 aromatic rings. The number of hydrogen-bond acceptors (Lipinski definition) is 2. The summed E-state index contributed by atoms with van der Waals surface area (Å²) < 4.78 is 13.8. The standard InChI is InChI=1S/C41H78O2Si2/c1-29(28-42-44(13,14)37(3,4)5)18-17-19-30(2)32-21-22-33-31-20-23-35-39(9,10)36(43-45(15,16)38(6,7)8)25-27-41(35,12)34(31)24-26-40(32,33)11/h23,29-34,36H,17-22,24-28H2,1-16H3/t29-,30+,31-,32+,33-,34-,36-,40+,41+/m0/s1. The fraction of sp³-hybridized carbons (Fsp3) is 0.951. The van der Waals surface area contributed by atoms with E-state index in [9.17, 15) is 0 Å². The molecule has 0 N–H and O–H groups in total. The zero-order valence-corrected chi connectivity index (χ0v) is 35.2. The van der Waals surface area contributed by atoms with E-state index in [4.69, 9.17) is 8.85 Å². The third-order valence-electron chi connectivity index (χ3n) is 15.8. The molecule has 2 nitrogen and oxygen atoms in total. The molecule has 0 amide bonds. The number of hydrogen-bond donors (Lipinski definition) is 0. The van der Waals surface area contributed by atoms with Crippen molar-refractivity contribution in [3.8, 4) is 0 Å². The van der Waals surface area contributed by atoms with Gasteiger partial charge in [-0.25, -0.2) is 0 Å². The quantitative estimate of drug-likeness (QED) is 0.172. The summed E-state index contributed by atoms with van der Waals surface area (Å²) in [6.45, 7) is 40.4. The highest BCUT2D eigenvalue weighted by Crippen LogP contribution is 2.69. The van der Waals surface area contributed by atoms with Gasteiger partial charge in [0.15, 0.2) is 16.6 Å². The molecule has 4 rings (SSSR count). The van der Waals surface area contributed by atoms with Crippen LogP contribution in [-0.4, -0.2) is 29.3 Å². The molecule has 262 valence electrons. The van der Waals surface area contributed by atoms with Gasteiger partial charge < -0.3 is 8.85 Å². The van der Waals surface area contributed by atoms with Crippen molar-refractivity contribution in [3.05, 3.63) is 11.6 Å². The Bertz CT molecular complexity index is 1060. The predicted octanol–water partition coefficient (Wildman–Crippen LogP) is 13.1. The molecule has 0 radical (unpaired) electrons. The zero-order chi connectivity index (χ0) is 34.0. The van der Waals surface area contributed by atoms with Crippen LogP contribution in [0.5, 0.6) is 0 Å². The first-order valence-electron chi connectivity index (χ1n) is 19.4. The number of allylic oxidation sites excluding steroid dienone is 1. The number of rotatable bonds is 10. The second kappa shape index (κ2) is 12.8. The molecule has 9 atom stereocenters. The van der Waals surface area contributed by atoms with E-state index in [-0.39, 0.29) is 10.5 Å². The molecule has 0 spiro atoms. The third kappa shape index (κ3) is 7.07. The van der Waals surface area contributed by atoms with Gasteiger partial charge in [-0.15, -0.1) is 0 Å². The number of fused-ring (bicyclic) bond motifs is 5. The summed E-state index contributed by atoms with van der Waals surface area (Å²) in [6.07, 6.45) is 16.9. The highest BCUT2D eigenvalue weighted by atomic mass is 28.4. The largest absolute Gasteiger partial charge is 0.417 e. The Balaban J connectivity index is 1.39. The smallest absolute Gasteiger partial charge is 0.192 e. The molecule has 4 heteroatoms. The summed E-state index contributed by atoms with van der Waals surface area (Å²) >= 11 is 0. The molecular weight excluding hydrogens is 581 g/mol. The van der Waals surface area contributed by atoms with E-state index < -0.39 is 16.6 Å². The molecule has 3 fully saturated rings. The first-order chi connectivity index (χ1) is 20.4. The Morgan fingerprint density at radius 2 is 1.42 bits per heavy atom. The Labute approximate surface area is 284 Å². The van der Waals surface area contributed by atoms with Crippen LogP contribution in [0.25, 0.3) is 0 Å². The van der Waals surface area contributed by atoms with E-state index in [1.165, 1.54) is 64.2 Å². The van der Waals surface area contributed by atoms with Crippen molar-refractivity contribution < 1.29 is 8.85 Å². The van der Waals surface area contributed by atoms with Crippen LogP contribution >= 0.6 is 0 Å². The van der Waals surface area contributed by atoms with Crippen LogP contribution < -0.4 is 0 Å². The lowest BCUT2D eigenvalue weighted by Crippen LogP contribution is -2.57. The minimum absolute atomic E-state index is 0.133. The first kappa shape index (κ1) is 37.9. The van der Waals surface area contributed by atoms with Crippen molar-refractivity contribution in [2.24, 2.45) is 51.8 Å². The lowest BCUT2D eigenvalue weighted by atomic mass is 9.44. The molecule has 0 aromatic carbocycles. The zero-order valence-electron chi connectivity index (χ0n) is 33.2. The summed E-state index contributed by atoms with van der Waals surface area (Å²) in [7, 11) is -3.46. The minimum atomic E-state index is -1.81. The van der Waals surface area contributed by atoms with Gasteiger partial charge in [-0.1, -0.05) is 108 Å². The van der Waals surface area contributed by atoms with Gasteiger partial charge in [0.05, 0.1) is 6.10 Å². The molecule has 0 aliphatic heterocycles. The van der Waals surface area contributed by atoms with E-state index in [0.717, 1.165) is 36.2 Å². The van der Waals surface area contributed by atoms with Gasteiger partial charge in [-0.3, -0.25) is 0 Å². The highest BCUT2D eigenvalue weighted by Gasteiger charge is 2.61. The Morgan fingerprint density at radius 1 is 0.800 bits per heavy atom. The van der Waals surface area contributed by atoms with Crippen LogP contribution in [-0.2, 0) is 8.85 Å². The van der Waals surface area contributed by atoms with Crippen LogP contribution in [0.4, 0.5) is 0 Å². The molecule has 0 aromatic heterocycles. The summed E-state index contributed by atoms with van der Waals surface area (Å²) in [5.41, 5.74) is 2.79. The van der Waals surface area contributed by atoms with Crippen LogP contribution in [0.1, 0.15) is 147 Å². The van der Waals surface area contributed by atoms with E-state index in [2.05, 4.69) is 115 Å². The second-order valence-electron chi connectivity index (χ2n) is 21.1. The maximum absolute atomic E-state index is 7.20. The summed E-state index contributed by atoms with van der Waals surface area (Å²) in [5, 5.41) is 0.563. The van der Waals surface area contributed by atoms with E-state index in [0.29, 0.717) is 27.9 Å². The lowest BCUT2D eigenvalue weighted by Gasteiger charge is -2.62. The summed E-state index contributed by atoms with van der Waals surface area (Å²) in [5.74, 6) is 5.09. The van der Waals surface area contributed by atoms with E-state index in [1.807, 2.05) is 0 Å². The average Bonchev–Trinajstić information content (AvgIpc) is 3.25. The molecule has 3 saturated carbocycles. The molecule has 45 heavy (non-hydrogen) atoms. The van der Waals surface area contributed by atoms with Gasteiger partial charge in [0.1, 0.15) is 0 Å². The molecule has 0 saturated heterocycles. The Kier molecular flexibility index (Phi) is 10.8. The third-order valence-corrected chi connectivity index (χ3v) is 24.8. The van der Waals surface area contributed by atoms with Gasteiger partial charge in [-0.05, 0) is 134 Å². The van der Waals surface area contributed by atoms with Crippen LogP contribution in [0, 0.1) is 51.8 Å². The van der Waals surface area contributed by atoms with Crippen molar-refractivity contribution >= 4 is 16.6 Å². The van der Waals surface area contributed by atoms with E-state index in [1.54, 1.807) is 5.57 Å². The van der Waals surface area contributed by atoms with Crippen LogP contribution in [0.2, 0.25) is 36.3 Å². The van der Waals surface area contributed by atoms with Crippen LogP contribution in [0.15, 0.2) is 11.6 Å². The summed E-state index contributed by atoms with van der Waals surface area (Å²) in [6, 6.07) is 0. The second-order valence-corrected chi connectivity index (χ2v) is 30.7. The predicted molar refractivity (Wildman–Crippen MR) is 202 cm³/mol. The maximum Gasteiger partial charge on any atom is 0.192 e. The SMILES string of the molecule is C[C@@H](CCC[C@@H](C)[C@H]1CC[C@H]2[C@@H]3CC=C4C(C)(C)[C@@H](O[Si](C)(C)C(C)(C)C)CC[C@]4(C)[C@H]3CC[C@]12C)CO[Si](C)(C)C(C)(C)C. The van der Waals surface area contributed by atoms with Crippen molar-refractivity contribution in [1.29, 1.82) is 0 Å². The highest BCUT2D eigenvalue weighted by molar-refractivity contribution is 6.74. The summed E-state index contributed by atoms with van der Waals surface area (Å²) in [4.78, 5) is 0. The lowest BCUT2D eigenvalue weighted by molar-refractivity contribution is -0.0758. The normalized spacial score (nSPS) is 36.9. The molecular formula is C41H78O2Si2. The van der Waals surface area contributed by atoms with Gasteiger partial charge in [0, 0.05) is 12.0 Å². The van der Waals surface area contributed by atoms with Gasteiger partial charge in [-0.2, -0.15) is 0 Å². The van der Waals surface area contributed by atoms with Crippen molar-refractivity contribution in [2.75, 3.05) is 6.61 Å². The van der Waals surface area contributed by atoms with Crippen molar-refractivity contribution in [3.63, 3.8) is 0 Å². The maximum atomic E-state index is 7.20. The van der Waals surface area contributed by atoms with Gasteiger partial charge >= 0.3 is 0 Å². The van der Waals surface area contributed by atoms with E-state index >= 15 is 0 Å². The Hall–Kier alpha value is 0.0938. The molecule has 4 aliphatic carbocycles. The van der Waals surface area contributed by atoms with Crippen molar-refractivity contribution in [2.45, 2.75) is 190 Å². The molecule has 0 unspecified atom stereocenters. The van der Waals surface area contributed by atoms with Gasteiger partial charge in [0.2, 0.25) is 0 Å². The topological polar surface area (TPSA) is 18.5 Å². The van der Waals surface area contributed by atoms with Crippen molar-refractivity contribution in [1.82, 2.24) is 0 Å². The monoisotopic (exact) mass is 659 g/mol. The first-order valence-corrected chi connectivity index (χ1v) is 25.2. The fourth-order valence-electron chi connectivity index (χ4n) is 10.7. The average molecular weight is 659 g/mol. The molecule has 0 bridgehead atoms.